The highest BCUT2D eigenvalue weighted by Gasteiger charge is 2.22. The highest BCUT2D eigenvalue weighted by atomic mass is 19.1. The summed E-state index contributed by atoms with van der Waals surface area (Å²) in [7, 11) is 0. The Balaban J connectivity index is 2.00. The fourth-order valence-electron chi connectivity index (χ4n) is 3.11. The number of nitrogens with zero attached hydrogens (tertiary/aromatic N) is 1. The van der Waals surface area contributed by atoms with Crippen LogP contribution in [-0.2, 0) is 0 Å². The van der Waals surface area contributed by atoms with Crippen LogP contribution in [0.4, 0.5) is 4.39 Å². The van der Waals surface area contributed by atoms with E-state index in [4.69, 9.17) is 0 Å². The summed E-state index contributed by atoms with van der Waals surface area (Å²) in [6, 6.07) is 13.4. The average Bonchev–Trinajstić information content (AvgIpc) is 2.72. The number of phenols is 1. The summed E-state index contributed by atoms with van der Waals surface area (Å²) in [5.41, 5.74) is 3.20. The van der Waals surface area contributed by atoms with Gasteiger partial charge in [0.25, 0.3) is 5.91 Å². The van der Waals surface area contributed by atoms with E-state index in [1.54, 1.807) is 19.9 Å². The van der Waals surface area contributed by atoms with E-state index in [9.17, 15) is 19.4 Å². The Labute approximate surface area is 180 Å². The maximum Gasteiger partial charge on any atom is 0.270 e. The predicted octanol–water partition coefficient (Wildman–Crippen LogP) is 3.79. The second-order valence-electron chi connectivity index (χ2n) is 7.35. The van der Waals surface area contributed by atoms with Crippen LogP contribution < -0.4 is 5.32 Å². The number of nitrogens with one attached hydrogen (secondary N) is 1. The summed E-state index contributed by atoms with van der Waals surface area (Å²) >= 11 is 0. The van der Waals surface area contributed by atoms with Crippen molar-refractivity contribution in [3.05, 3.63) is 94.1 Å². The smallest absolute Gasteiger partial charge is 0.270 e. The molecule has 0 aliphatic rings. The zero-order valence-electron chi connectivity index (χ0n) is 17.5. The Morgan fingerprint density at radius 1 is 1.10 bits per heavy atom. The number of carbonyl (C=O) groups excluding carboxylic acids is 1. The molecule has 0 aliphatic heterocycles. The molecule has 1 unspecified atom stereocenters. The van der Waals surface area contributed by atoms with Gasteiger partial charge in [-0.2, -0.15) is 0 Å². The Morgan fingerprint density at radius 2 is 1.81 bits per heavy atom. The summed E-state index contributed by atoms with van der Waals surface area (Å²) in [5, 5.41) is 22.6. The molecular weight excluding hydrogens is 395 g/mol. The molecule has 1 heterocycles. The van der Waals surface area contributed by atoms with Crippen molar-refractivity contribution in [1.82, 2.24) is 10.3 Å². The minimum absolute atomic E-state index is 0.128. The van der Waals surface area contributed by atoms with Crippen molar-refractivity contribution in [2.75, 3.05) is 0 Å². The number of phenolic OH excluding ortho intramolecular Hbond substituents is 1. The van der Waals surface area contributed by atoms with Crippen molar-refractivity contribution < 1.29 is 19.4 Å². The lowest BCUT2D eigenvalue weighted by atomic mass is 9.96. The molecule has 3 N–H and O–H groups in total. The van der Waals surface area contributed by atoms with E-state index in [0.29, 0.717) is 16.8 Å². The summed E-state index contributed by atoms with van der Waals surface area (Å²) in [6.07, 6.45) is -0.799. The number of aliphatic hydroxyl groups is 1. The number of halogens is 1. The Kier molecular flexibility index (Phi) is 6.68. The van der Waals surface area contributed by atoms with Crippen molar-refractivity contribution in [2.24, 2.45) is 0 Å². The molecule has 0 bridgehead atoms. The van der Waals surface area contributed by atoms with Crippen LogP contribution in [-0.4, -0.2) is 27.2 Å². The Morgan fingerprint density at radius 3 is 2.48 bits per heavy atom. The number of aliphatic hydroxyl groups excluding tert-OH is 1. The van der Waals surface area contributed by atoms with Crippen molar-refractivity contribution >= 4 is 5.91 Å². The molecule has 0 radical (unpaired) electrons. The summed E-state index contributed by atoms with van der Waals surface area (Å²) in [5.74, 6) is 4.29. The van der Waals surface area contributed by atoms with E-state index in [1.807, 2.05) is 31.2 Å². The van der Waals surface area contributed by atoms with Gasteiger partial charge in [0.2, 0.25) is 0 Å². The molecule has 3 rings (SSSR count). The van der Waals surface area contributed by atoms with Gasteiger partial charge >= 0.3 is 0 Å². The number of carbonyl (C=O) groups is 1. The second kappa shape index (κ2) is 9.41. The fourth-order valence-corrected chi connectivity index (χ4v) is 3.11. The first kappa shape index (κ1) is 22.0. The lowest BCUT2D eigenvalue weighted by molar-refractivity contribution is 0.0937. The van der Waals surface area contributed by atoms with Crippen LogP contribution in [0.2, 0.25) is 0 Å². The minimum Gasteiger partial charge on any atom is -0.508 e. The second-order valence-corrected chi connectivity index (χ2v) is 7.35. The molecule has 0 aliphatic carbocycles. The van der Waals surface area contributed by atoms with Crippen LogP contribution in [0, 0.1) is 31.5 Å². The van der Waals surface area contributed by atoms with Gasteiger partial charge in [-0.3, -0.25) is 4.79 Å². The highest BCUT2D eigenvalue weighted by molar-refractivity contribution is 5.93. The topological polar surface area (TPSA) is 82.5 Å². The van der Waals surface area contributed by atoms with E-state index < -0.39 is 23.9 Å². The molecule has 5 nitrogen and oxygen atoms in total. The van der Waals surface area contributed by atoms with Gasteiger partial charge in [0, 0.05) is 16.8 Å². The predicted molar refractivity (Wildman–Crippen MR) is 116 cm³/mol. The van der Waals surface area contributed by atoms with Gasteiger partial charge in [0.1, 0.15) is 23.4 Å². The monoisotopic (exact) mass is 418 g/mol. The van der Waals surface area contributed by atoms with Gasteiger partial charge in [-0.25, -0.2) is 9.37 Å². The van der Waals surface area contributed by atoms with Crippen molar-refractivity contribution in [3.63, 3.8) is 0 Å². The molecule has 1 aromatic heterocycles. The lowest BCUT2D eigenvalue weighted by Crippen LogP contribution is -2.30. The Hall–Kier alpha value is -3.69. The maximum atomic E-state index is 13.9. The quantitative estimate of drug-likeness (QED) is 0.563. The van der Waals surface area contributed by atoms with Crippen molar-refractivity contribution in [2.45, 2.75) is 32.9 Å². The van der Waals surface area contributed by atoms with Crippen LogP contribution in [0.1, 0.15) is 51.4 Å². The average molecular weight is 418 g/mol. The van der Waals surface area contributed by atoms with Crippen molar-refractivity contribution in [3.8, 4) is 17.6 Å². The first-order chi connectivity index (χ1) is 14.7. The third-order valence-corrected chi connectivity index (χ3v) is 4.60. The number of aromatic hydroxyl groups is 1. The zero-order valence-corrected chi connectivity index (χ0v) is 17.5. The molecule has 2 aromatic carbocycles. The fraction of sp³-hybridized carbons (Fsp3) is 0.200. The molecule has 158 valence electrons. The SMILES string of the molecule is Cc1ccc(C(NC(=O)c2cc(C#C[C@H](C)O)cc(C)n2)c2cc(F)ccc2O)cc1. The number of pyridine rings is 1. The molecule has 3 aromatic rings. The summed E-state index contributed by atoms with van der Waals surface area (Å²) < 4.78 is 13.9. The number of rotatable bonds is 4. The van der Waals surface area contributed by atoms with Crippen LogP contribution in [0.5, 0.6) is 5.75 Å². The molecule has 0 saturated heterocycles. The number of hydrogen-bond acceptors (Lipinski definition) is 4. The zero-order chi connectivity index (χ0) is 22.5. The number of aromatic nitrogens is 1. The van der Waals surface area contributed by atoms with Gasteiger partial charge in [-0.1, -0.05) is 41.7 Å². The molecular formula is C25H23FN2O3. The van der Waals surface area contributed by atoms with Gasteiger partial charge < -0.3 is 15.5 Å². The van der Waals surface area contributed by atoms with Crippen LogP contribution in [0.3, 0.4) is 0 Å². The highest BCUT2D eigenvalue weighted by Crippen LogP contribution is 2.30. The third-order valence-electron chi connectivity index (χ3n) is 4.60. The van der Waals surface area contributed by atoms with E-state index in [0.717, 1.165) is 11.6 Å². The minimum atomic E-state index is -0.799. The third kappa shape index (κ3) is 5.68. The Bertz CT molecular complexity index is 1160. The molecule has 0 fully saturated rings. The molecule has 1 amide bonds. The van der Waals surface area contributed by atoms with E-state index in [1.165, 1.54) is 18.2 Å². The number of benzene rings is 2. The molecule has 0 spiro atoms. The molecule has 0 saturated carbocycles. The van der Waals surface area contributed by atoms with Crippen molar-refractivity contribution in [1.29, 1.82) is 0 Å². The lowest BCUT2D eigenvalue weighted by Gasteiger charge is -2.21. The number of aryl methyl sites for hydroxylation is 2. The van der Waals surface area contributed by atoms with Gasteiger partial charge in [-0.15, -0.1) is 0 Å². The summed E-state index contributed by atoms with van der Waals surface area (Å²) in [4.78, 5) is 17.3. The number of amides is 1. The standard InChI is InChI=1S/C25H23FN2O3/c1-15-4-8-19(9-5-15)24(21-14-20(26)10-11-23(21)30)28-25(31)22-13-18(7-6-17(3)29)12-16(2)27-22/h4-5,8-14,17,24,29-30H,1-3H3,(H,28,31)/t17-,24?/m0/s1. The molecule has 6 heteroatoms. The largest absolute Gasteiger partial charge is 0.508 e. The first-order valence-corrected chi connectivity index (χ1v) is 9.77. The van der Waals surface area contributed by atoms with E-state index in [-0.39, 0.29) is 17.0 Å². The van der Waals surface area contributed by atoms with E-state index in [2.05, 4.69) is 22.1 Å². The number of hydrogen-bond donors (Lipinski definition) is 3. The van der Waals surface area contributed by atoms with Gasteiger partial charge in [-0.05, 0) is 56.7 Å². The van der Waals surface area contributed by atoms with Gasteiger partial charge in [0.15, 0.2) is 0 Å². The van der Waals surface area contributed by atoms with Gasteiger partial charge in [0.05, 0.1) is 6.04 Å². The van der Waals surface area contributed by atoms with E-state index >= 15 is 0 Å². The van der Waals surface area contributed by atoms with Crippen LogP contribution >= 0.6 is 0 Å². The normalized spacial score (nSPS) is 12.4. The summed E-state index contributed by atoms with van der Waals surface area (Å²) in [6.45, 7) is 5.22. The molecule has 2 atom stereocenters. The van der Waals surface area contributed by atoms with Crippen LogP contribution in [0.25, 0.3) is 0 Å². The maximum absolute atomic E-state index is 13.9. The first-order valence-electron chi connectivity index (χ1n) is 9.77. The molecule has 31 heavy (non-hydrogen) atoms. The van der Waals surface area contributed by atoms with Crippen LogP contribution in [0.15, 0.2) is 54.6 Å².